The summed E-state index contributed by atoms with van der Waals surface area (Å²) in [6, 6.07) is 19.3. The van der Waals surface area contributed by atoms with E-state index in [0.717, 1.165) is 0 Å². The molecule has 3 rings (SSSR count). The number of rotatable bonds is 2. The lowest BCUT2D eigenvalue weighted by Crippen LogP contribution is -1.82. The van der Waals surface area contributed by atoms with E-state index in [-0.39, 0.29) is 0 Å². The third kappa shape index (κ3) is 2.09. The predicted octanol–water partition coefficient (Wildman–Crippen LogP) is 5.46. The molecule has 0 N–H and O–H groups in total. The van der Waals surface area contributed by atoms with Gasteiger partial charge in [-0.15, -0.1) is 11.3 Å². The van der Waals surface area contributed by atoms with Gasteiger partial charge in [-0.05, 0) is 46.4 Å². The van der Waals surface area contributed by atoms with Gasteiger partial charge < -0.3 is 0 Å². The largest absolute Gasteiger partial charge is 0.144 e. The quantitative estimate of drug-likeness (QED) is 0.566. The molecule has 0 aliphatic rings. The molecule has 1 aromatic heterocycles. The second-order valence-corrected chi connectivity index (χ2v) is 5.35. The zero-order valence-corrected chi connectivity index (χ0v) is 11.1. The van der Waals surface area contributed by atoms with E-state index in [1.807, 2.05) is 0 Å². The van der Waals surface area contributed by atoms with E-state index in [0.29, 0.717) is 0 Å². The highest BCUT2D eigenvalue weighted by atomic mass is 32.1. The molecule has 0 fully saturated rings. The van der Waals surface area contributed by atoms with Crippen molar-refractivity contribution in [2.45, 2.75) is 6.92 Å². The second kappa shape index (κ2) is 4.79. The molecule has 0 atom stereocenters. The van der Waals surface area contributed by atoms with E-state index in [2.05, 4.69) is 73.0 Å². The number of hydrogen-bond acceptors (Lipinski definition) is 1. The molecule has 0 amide bonds. The number of fused-ring (bicyclic) bond motifs is 1. The van der Waals surface area contributed by atoms with Gasteiger partial charge >= 0.3 is 0 Å². The van der Waals surface area contributed by atoms with E-state index in [1.54, 1.807) is 11.3 Å². The third-order valence-electron chi connectivity index (χ3n) is 3.12. The molecule has 1 heteroatoms. The average molecular weight is 250 g/mol. The van der Waals surface area contributed by atoms with Crippen LogP contribution in [0.1, 0.15) is 17.4 Å². The molecule has 0 unspecified atom stereocenters. The lowest BCUT2D eigenvalue weighted by atomic mass is 9.99. The summed E-state index contributed by atoms with van der Waals surface area (Å²) < 4.78 is 0. The average Bonchev–Trinajstić information content (AvgIpc) is 2.91. The first-order valence-corrected chi connectivity index (χ1v) is 6.92. The Bertz CT molecular complexity index is 685. The SMILES string of the molecule is C/C(=C\c1cccs1)c1cccc2ccccc12. The van der Waals surface area contributed by atoms with Crippen molar-refractivity contribution in [2.75, 3.05) is 0 Å². The van der Waals surface area contributed by atoms with Crippen molar-refractivity contribution in [3.63, 3.8) is 0 Å². The van der Waals surface area contributed by atoms with E-state index >= 15 is 0 Å². The Hall–Kier alpha value is -1.86. The van der Waals surface area contributed by atoms with Gasteiger partial charge in [-0.3, -0.25) is 0 Å². The van der Waals surface area contributed by atoms with Gasteiger partial charge in [-0.25, -0.2) is 0 Å². The molecule has 3 aromatic rings. The van der Waals surface area contributed by atoms with Crippen LogP contribution in [0.3, 0.4) is 0 Å². The monoisotopic (exact) mass is 250 g/mol. The molecule has 88 valence electrons. The minimum atomic E-state index is 1.30. The fraction of sp³-hybridized carbons (Fsp3) is 0.0588. The smallest absolute Gasteiger partial charge is 0.0273 e. The fourth-order valence-electron chi connectivity index (χ4n) is 2.23. The van der Waals surface area contributed by atoms with E-state index < -0.39 is 0 Å². The van der Waals surface area contributed by atoms with Crippen LogP contribution >= 0.6 is 11.3 Å². The molecular weight excluding hydrogens is 236 g/mol. The van der Waals surface area contributed by atoms with Crippen molar-refractivity contribution in [1.82, 2.24) is 0 Å². The molecule has 0 aliphatic carbocycles. The molecular formula is C17H14S. The van der Waals surface area contributed by atoms with Crippen molar-refractivity contribution in [3.05, 3.63) is 70.4 Å². The van der Waals surface area contributed by atoms with Crippen LogP contribution in [0.15, 0.2) is 60.0 Å². The lowest BCUT2D eigenvalue weighted by Gasteiger charge is -2.06. The van der Waals surface area contributed by atoms with Crippen LogP contribution in [-0.4, -0.2) is 0 Å². The lowest BCUT2D eigenvalue weighted by molar-refractivity contribution is 1.63. The second-order valence-electron chi connectivity index (χ2n) is 4.37. The Morgan fingerprint density at radius 2 is 1.78 bits per heavy atom. The fourth-order valence-corrected chi connectivity index (χ4v) is 2.95. The van der Waals surface area contributed by atoms with Crippen molar-refractivity contribution in [2.24, 2.45) is 0 Å². The number of benzene rings is 2. The minimum Gasteiger partial charge on any atom is -0.144 e. The molecule has 18 heavy (non-hydrogen) atoms. The summed E-state index contributed by atoms with van der Waals surface area (Å²) in [4.78, 5) is 1.31. The van der Waals surface area contributed by atoms with Crippen LogP contribution in [0.4, 0.5) is 0 Å². The van der Waals surface area contributed by atoms with Gasteiger partial charge in [0.15, 0.2) is 0 Å². The Morgan fingerprint density at radius 1 is 0.944 bits per heavy atom. The van der Waals surface area contributed by atoms with Crippen LogP contribution in [0.5, 0.6) is 0 Å². The highest BCUT2D eigenvalue weighted by Crippen LogP contribution is 2.27. The highest BCUT2D eigenvalue weighted by Gasteiger charge is 2.02. The van der Waals surface area contributed by atoms with Crippen LogP contribution in [0, 0.1) is 0 Å². The minimum absolute atomic E-state index is 1.30. The summed E-state index contributed by atoms with van der Waals surface area (Å²) in [6.45, 7) is 2.18. The van der Waals surface area contributed by atoms with Crippen LogP contribution in [0.25, 0.3) is 22.4 Å². The van der Waals surface area contributed by atoms with Gasteiger partial charge in [0, 0.05) is 4.88 Å². The first-order chi connectivity index (χ1) is 8.84. The Morgan fingerprint density at radius 3 is 2.61 bits per heavy atom. The maximum absolute atomic E-state index is 2.26. The molecule has 0 saturated heterocycles. The maximum Gasteiger partial charge on any atom is 0.0273 e. The summed E-state index contributed by atoms with van der Waals surface area (Å²) in [5, 5.41) is 4.74. The third-order valence-corrected chi connectivity index (χ3v) is 3.94. The van der Waals surface area contributed by atoms with Crippen LogP contribution < -0.4 is 0 Å². The van der Waals surface area contributed by atoms with Crippen LogP contribution in [0.2, 0.25) is 0 Å². The van der Waals surface area contributed by atoms with Gasteiger partial charge in [0.25, 0.3) is 0 Å². The Balaban J connectivity index is 2.14. The summed E-state index contributed by atoms with van der Waals surface area (Å²) in [7, 11) is 0. The van der Waals surface area contributed by atoms with Gasteiger partial charge in [-0.1, -0.05) is 48.5 Å². The molecule has 1 heterocycles. The molecule has 0 radical (unpaired) electrons. The Labute approximate surface area is 111 Å². The number of allylic oxidation sites excluding steroid dienone is 1. The van der Waals surface area contributed by atoms with E-state index in [9.17, 15) is 0 Å². The molecule has 0 spiro atoms. The van der Waals surface area contributed by atoms with Gasteiger partial charge in [0.2, 0.25) is 0 Å². The molecule has 0 bridgehead atoms. The standard InChI is InChI=1S/C17H14S/c1-13(12-15-8-5-11-18-15)16-10-4-7-14-6-2-3-9-17(14)16/h2-12H,1H3/b13-12+. The van der Waals surface area contributed by atoms with Crippen molar-refractivity contribution in [1.29, 1.82) is 0 Å². The first kappa shape index (κ1) is 11.2. The zero-order chi connectivity index (χ0) is 12.4. The van der Waals surface area contributed by atoms with Crippen LogP contribution in [-0.2, 0) is 0 Å². The van der Waals surface area contributed by atoms with Gasteiger partial charge in [-0.2, -0.15) is 0 Å². The molecule has 0 nitrogen and oxygen atoms in total. The first-order valence-electron chi connectivity index (χ1n) is 6.04. The summed E-state index contributed by atoms with van der Waals surface area (Å²) >= 11 is 1.77. The number of hydrogen-bond donors (Lipinski definition) is 0. The van der Waals surface area contributed by atoms with Gasteiger partial charge in [0.1, 0.15) is 0 Å². The molecule has 0 aliphatic heterocycles. The van der Waals surface area contributed by atoms with E-state index in [1.165, 1.54) is 26.8 Å². The molecule has 0 saturated carbocycles. The predicted molar refractivity (Wildman–Crippen MR) is 81.8 cm³/mol. The normalized spacial score (nSPS) is 11.9. The van der Waals surface area contributed by atoms with Crippen molar-refractivity contribution < 1.29 is 0 Å². The topological polar surface area (TPSA) is 0 Å². The molecule has 2 aromatic carbocycles. The van der Waals surface area contributed by atoms with Crippen molar-refractivity contribution >= 4 is 33.8 Å². The summed E-state index contributed by atoms with van der Waals surface area (Å²) in [5.41, 5.74) is 2.63. The van der Waals surface area contributed by atoms with Gasteiger partial charge in [0.05, 0.1) is 0 Å². The summed E-state index contributed by atoms with van der Waals surface area (Å²) in [6.07, 6.45) is 2.26. The number of thiophene rings is 1. The van der Waals surface area contributed by atoms with E-state index in [4.69, 9.17) is 0 Å². The Kier molecular flexibility index (Phi) is 2.99. The summed E-state index contributed by atoms with van der Waals surface area (Å²) in [5.74, 6) is 0. The zero-order valence-electron chi connectivity index (χ0n) is 10.3. The van der Waals surface area contributed by atoms with Crippen molar-refractivity contribution in [3.8, 4) is 0 Å². The highest BCUT2D eigenvalue weighted by molar-refractivity contribution is 7.10. The maximum atomic E-state index is 2.26.